The van der Waals surface area contributed by atoms with Gasteiger partial charge in [0.1, 0.15) is 0 Å². The fourth-order valence-electron chi connectivity index (χ4n) is 2.23. The van der Waals surface area contributed by atoms with Crippen LogP contribution < -0.4 is 0 Å². The Bertz CT molecular complexity index is 229. The maximum Gasteiger partial charge on any atom is 0.203 e. The SMILES string of the molecule is O=P(O)(CC1CCCCC1)C[C@@H](O)CCl. The summed E-state index contributed by atoms with van der Waals surface area (Å²) in [6.07, 6.45) is 5.17. The molecule has 0 aromatic carbocycles. The van der Waals surface area contributed by atoms with Gasteiger partial charge in [-0.15, -0.1) is 11.6 Å². The predicted octanol–water partition coefficient (Wildman–Crippen LogP) is 2.44. The minimum absolute atomic E-state index is 0.0369. The average molecular weight is 255 g/mol. The van der Waals surface area contributed by atoms with Crippen LogP contribution in [0.4, 0.5) is 0 Å². The lowest BCUT2D eigenvalue weighted by Gasteiger charge is -2.24. The monoisotopic (exact) mass is 254 g/mol. The van der Waals surface area contributed by atoms with Crippen LogP contribution in [-0.4, -0.2) is 34.3 Å². The van der Waals surface area contributed by atoms with Crippen molar-refractivity contribution < 1.29 is 14.6 Å². The molecule has 2 N–H and O–H groups in total. The van der Waals surface area contributed by atoms with Gasteiger partial charge in [-0.05, 0) is 18.8 Å². The van der Waals surface area contributed by atoms with E-state index in [1.807, 2.05) is 0 Å². The molecule has 0 heterocycles. The van der Waals surface area contributed by atoms with Crippen LogP contribution >= 0.6 is 19.0 Å². The Morgan fingerprint density at radius 1 is 1.33 bits per heavy atom. The highest BCUT2D eigenvalue weighted by atomic mass is 35.5. The molecule has 0 radical (unpaired) electrons. The van der Waals surface area contributed by atoms with Crippen molar-refractivity contribution in [1.29, 1.82) is 0 Å². The summed E-state index contributed by atoms with van der Waals surface area (Å²) in [5.74, 6) is 0.409. The highest BCUT2D eigenvalue weighted by molar-refractivity contribution is 7.58. The molecular weight excluding hydrogens is 235 g/mol. The standard InChI is InChI=1S/C10H20ClO3P/c11-6-10(12)8-15(13,14)7-9-4-2-1-3-5-9/h9-10,12H,1-8H2,(H,13,14)/t10-/m0/s1. The summed E-state index contributed by atoms with van der Waals surface area (Å²) in [5, 5.41) is 9.26. The maximum atomic E-state index is 11.8. The summed E-state index contributed by atoms with van der Waals surface area (Å²) >= 11 is 5.42. The van der Waals surface area contributed by atoms with Gasteiger partial charge in [-0.25, -0.2) is 0 Å². The van der Waals surface area contributed by atoms with Crippen LogP contribution in [0.1, 0.15) is 32.1 Å². The van der Waals surface area contributed by atoms with E-state index in [4.69, 9.17) is 11.6 Å². The second-order valence-corrected chi connectivity index (χ2v) is 7.26. The molecule has 1 fully saturated rings. The highest BCUT2D eigenvalue weighted by Crippen LogP contribution is 2.45. The van der Waals surface area contributed by atoms with Gasteiger partial charge in [0.2, 0.25) is 7.37 Å². The number of hydrogen-bond acceptors (Lipinski definition) is 2. The molecule has 1 rings (SSSR count). The Balaban J connectivity index is 2.36. The van der Waals surface area contributed by atoms with Crippen molar-refractivity contribution in [3.05, 3.63) is 0 Å². The molecular formula is C10H20ClO3P. The first-order valence-corrected chi connectivity index (χ1v) is 8.15. The summed E-state index contributed by atoms with van der Waals surface area (Å²) in [6.45, 7) is 0. The maximum absolute atomic E-state index is 11.8. The summed E-state index contributed by atoms with van der Waals surface area (Å²) in [6, 6.07) is 0. The van der Waals surface area contributed by atoms with Crippen LogP contribution in [0.25, 0.3) is 0 Å². The average Bonchev–Trinajstić information content (AvgIpc) is 2.17. The Hall–Kier alpha value is 0.440. The van der Waals surface area contributed by atoms with E-state index in [9.17, 15) is 14.6 Å². The topological polar surface area (TPSA) is 57.5 Å². The van der Waals surface area contributed by atoms with Crippen LogP contribution in [-0.2, 0) is 4.57 Å². The van der Waals surface area contributed by atoms with Crippen molar-refractivity contribution in [2.24, 2.45) is 5.92 Å². The largest absolute Gasteiger partial charge is 0.391 e. The van der Waals surface area contributed by atoms with Gasteiger partial charge in [0.25, 0.3) is 0 Å². The summed E-state index contributed by atoms with van der Waals surface area (Å²) in [4.78, 5) is 9.71. The summed E-state index contributed by atoms with van der Waals surface area (Å²) < 4.78 is 11.8. The third-order valence-electron chi connectivity index (χ3n) is 2.94. The number of aliphatic hydroxyl groups is 1. The van der Waals surface area contributed by atoms with Crippen LogP contribution in [0.15, 0.2) is 0 Å². The van der Waals surface area contributed by atoms with Crippen LogP contribution in [0.3, 0.4) is 0 Å². The van der Waals surface area contributed by atoms with Gasteiger partial charge in [-0.1, -0.05) is 19.3 Å². The fraction of sp³-hybridized carbons (Fsp3) is 1.00. The van der Waals surface area contributed by atoms with Gasteiger partial charge in [0, 0.05) is 12.0 Å². The highest BCUT2D eigenvalue weighted by Gasteiger charge is 2.27. The van der Waals surface area contributed by atoms with Gasteiger partial charge in [0.05, 0.1) is 12.3 Å². The zero-order valence-corrected chi connectivity index (χ0v) is 10.6. The van der Waals surface area contributed by atoms with Crippen molar-refractivity contribution in [3.8, 4) is 0 Å². The van der Waals surface area contributed by atoms with E-state index in [0.29, 0.717) is 12.1 Å². The molecule has 1 aliphatic carbocycles. The fourth-order valence-corrected chi connectivity index (χ4v) is 4.60. The van der Waals surface area contributed by atoms with Gasteiger partial charge in [0.15, 0.2) is 0 Å². The Morgan fingerprint density at radius 2 is 1.93 bits per heavy atom. The molecule has 3 nitrogen and oxygen atoms in total. The van der Waals surface area contributed by atoms with E-state index in [1.165, 1.54) is 19.3 Å². The minimum Gasteiger partial charge on any atom is -0.391 e. The molecule has 5 heteroatoms. The number of halogens is 1. The van der Waals surface area contributed by atoms with Crippen molar-refractivity contribution in [2.45, 2.75) is 38.2 Å². The van der Waals surface area contributed by atoms with Gasteiger partial charge in [-0.3, -0.25) is 4.57 Å². The zero-order valence-electron chi connectivity index (χ0n) is 8.94. The quantitative estimate of drug-likeness (QED) is 0.585. The molecule has 0 aromatic heterocycles. The predicted molar refractivity (Wildman–Crippen MR) is 62.9 cm³/mol. The van der Waals surface area contributed by atoms with Crippen molar-refractivity contribution in [1.82, 2.24) is 0 Å². The molecule has 1 unspecified atom stereocenters. The van der Waals surface area contributed by atoms with Crippen LogP contribution in [0, 0.1) is 5.92 Å². The van der Waals surface area contributed by atoms with E-state index >= 15 is 0 Å². The Labute approximate surface area is 96.3 Å². The second-order valence-electron chi connectivity index (χ2n) is 4.52. The van der Waals surface area contributed by atoms with E-state index in [2.05, 4.69) is 0 Å². The Morgan fingerprint density at radius 3 is 2.47 bits per heavy atom. The molecule has 0 aromatic rings. The third-order valence-corrected chi connectivity index (χ3v) is 5.38. The summed E-state index contributed by atoms with van der Waals surface area (Å²) in [7, 11) is -3.17. The molecule has 0 bridgehead atoms. The first kappa shape index (κ1) is 13.5. The molecule has 90 valence electrons. The first-order chi connectivity index (χ1) is 7.03. The molecule has 0 saturated heterocycles. The Kier molecular flexibility index (Phi) is 5.62. The van der Waals surface area contributed by atoms with Gasteiger partial charge in [-0.2, -0.15) is 0 Å². The molecule has 1 aliphatic rings. The van der Waals surface area contributed by atoms with E-state index < -0.39 is 13.5 Å². The molecule has 0 spiro atoms. The van der Waals surface area contributed by atoms with E-state index in [-0.39, 0.29) is 12.0 Å². The number of alkyl halides is 1. The van der Waals surface area contributed by atoms with Crippen LogP contribution in [0.2, 0.25) is 0 Å². The molecule has 0 aliphatic heterocycles. The van der Waals surface area contributed by atoms with Crippen LogP contribution in [0.5, 0.6) is 0 Å². The van der Waals surface area contributed by atoms with Gasteiger partial charge >= 0.3 is 0 Å². The third kappa shape index (κ3) is 5.35. The molecule has 2 atom stereocenters. The van der Waals surface area contributed by atoms with E-state index in [0.717, 1.165) is 12.8 Å². The minimum atomic E-state index is -3.17. The molecule has 0 amide bonds. The lowest BCUT2D eigenvalue weighted by Crippen LogP contribution is -2.19. The normalized spacial score (nSPS) is 24.7. The molecule has 15 heavy (non-hydrogen) atoms. The number of hydrogen-bond donors (Lipinski definition) is 2. The van der Waals surface area contributed by atoms with Crippen molar-refractivity contribution >= 4 is 19.0 Å². The van der Waals surface area contributed by atoms with Gasteiger partial charge < -0.3 is 10.00 Å². The first-order valence-electron chi connectivity index (χ1n) is 5.58. The number of rotatable bonds is 5. The van der Waals surface area contributed by atoms with E-state index in [1.54, 1.807) is 0 Å². The molecule has 1 saturated carbocycles. The zero-order chi connectivity index (χ0) is 11.3. The van der Waals surface area contributed by atoms with Crippen molar-refractivity contribution in [3.63, 3.8) is 0 Å². The summed E-state index contributed by atoms with van der Waals surface area (Å²) in [5.41, 5.74) is 0. The number of aliphatic hydroxyl groups excluding tert-OH is 1. The lowest BCUT2D eigenvalue weighted by molar-refractivity contribution is 0.217. The lowest BCUT2D eigenvalue weighted by atomic mass is 9.91. The smallest absolute Gasteiger partial charge is 0.203 e. The van der Waals surface area contributed by atoms with Crippen molar-refractivity contribution in [2.75, 3.05) is 18.2 Å². The second kappa shape index (κ2) is 6.24.